The lowest BCUT2D eigenvalue weighted by Crippen LogP contribution is -1.94. The predicted octanol–water partition coefficient (Wildman–Crippen LogP) is 6.43. The molecular weight excluding hydrogens is 248 g/mol. The summed E-state index contributed by atoms with van der Waals surface area (Å²) in [4.78, 5) is 1.03. The molecule has 0 nitrogen and oxygen atoms in total. The highest BCUT2D eigenvalue weighted by molar-refractivity contribution is 7.80. The van der Waals surface area contributed by atoms with Crippen molar-refractivity contribution in [3.05, 3.63) is 34.9 Å². The molecular formula is C18H30S. The van der Waals surface area contributed by atoms with E-state index in [2.05, 4.69) is 52.8 Å². The average molecular weight is 279 g/mol. The summed E-state index contributed by atoms with van der Waals surface area (Å²) in [6.07, 6.45) is 11.5. The van der Waals surface area contributed by atoms with E-state index in [9.17, 15) is 0 Å². The van der Waals surface area contributed by atoms with Crippen molar-refractivity contribution in [2.75, 3.05) is 0 Å². The second-order valence-electron chi connectivity index (χ2n) is 5.44. The summed E-state index contributed by atoms with van der Waals surface area (Å²) in [7, 11) is 0. The van der Waals surface area contributed by atoms with Crippen molar-refractivity contribution >= 4 is 17.1 Å². The molecule has 1 unspecified atom stereocenters. The number of allylic oxidation sites excluding steroid dienone is 6. The van der Waals surface area contributed by atoms with Gasteiger partial charge >= 0.3 is 0 Å². The zero-order valence-electron chi connectivity index (χ0n) is 13.5. The standard InChI is InChI=1S/C18H30S/c1-7-10-18(13-14(3)8-2)12-9-11-15(4)16(5)17(6)19/h7,10,13-14H,8-9,11-12H2,1-6H3/b10-7-,16-15+,18-13+. The topological polar surface area (TPSA) is 0 Å². The van der Waals surface area contributed by atoms with E-state index >= 15 is 0 Å². The molecule has 1 heteroatoms. The highest BCUT2D eigenvalue weighted by atomic mass is 32.1. The Bertz CT molecular complexity index is 369. The molecule has 0 rings (SSSR count). The first-order valence-electron chi connectivity index (χ1n) is 7.43. The van der Waals surface area contributed by atoms with Crippen LogP contribution in [0.5, 0.6) is 0 Å². The molecule has 0 heterocycles. The van der Waals surface area contributed by atoms with E-state index in [4.69, 9.17) is 12.2 Å². The highest BCUT2D eigenvalue weighted by Crippen LogP contribution is 2.18. The number of hydrogen-bond donors (Lipinski definition) is 0. The summed E-state index contributed by atoms with van der Waals surface area (Å²) in [6, 6.07) is 0. The van der Waals surface area contributed by atoms with Gasteiger partial charge in [0, 0.05) is 4.86 Å². The second-order valence-corrected chi connectivity index (χ2v) is 6.05. The fraction of sp³-hybridized carbons (Fsp3) is 0.611. The largest absolute Gasteiger partial charge is 0.0874 e. The van der Waals surface area contributed by atoms with Gasteiger partial charge < -0.3 is 0 Å². The normalized spacial score (nSPS) is 15.6. The molecule has 1 atom stereocenters. The Balaban J connectivity index is 4.48. The Morgan fingerprint density at radius 2 is 1.79 bits per heavy atom. The van der Waals surface area contributed by atoms with E-state index in [1.807, 2.05) is 6.92 Å². The predicted molar refractivity (Wildman–Crippen MR) is 92.8 cm³/mol. The van der Waals surface area contributed by atoms with Gasteiger partial charge in [-0.3, -0.25) is 0 Å². The minimum absolute atomic E-state index is 0.674. The van der Waals surface area contributed by atoms with Crippen LogP contribution in [0.4, 0.5) is 0 Å². The van der Waals surface area contributed by atoms with Crippen molar-refractivity contribution in [3.8, 4) is 0 Å². The van der Waals surface area contributed by atoms with Crippen LogP contribution in [-0.4, -0.2) is 4.86 Å². The molecule has 0 N–H and O–H groups in total. The van der Waals surface area contributed by atoms with Gasteiger partial charge in [-0.15, -0.1) is 0 Å². The van der Waals surface area contributed by atoms with Gasteiger partial charge in [0.05, 0.1) is 0 Å². The third-order valence-corrected chi connectivity index (χ3v) is 4.01. The van der Waals surface area contributed by atoms with E-state index in [0.717, 1.165) is 17.7 Å². The number of thiocarbonyl (C=S) groups is 1. The third-order valence-electron chi connectivity index (χ3n) is 3.71. The Morgan fingerprint density at radius 1 is 1.16 bits per heavy atom. The Labute approximate surface area is 125 Å². The van der Waals surface area contributed by atoms with Crippen molar-refractivity contribution in [1.82, 2.24) is 0 Å². The molecule has 19 heavy (non-hydrogen) atoms. The summed E-state index contributed by atoms with van der Waals surface area (Å²) in [5, 5.41) is 0. The van der Waals surface area contributed by atoms with Gasteiger partial charge in [-0.05, 0) is 58.4 Å². The van der Waals surface area contributed by atoms with Crippen LogP contribution in [0.1, 0.15) is 67.2 Å². The molecule has 0 saturated heterocycles. The monoisotopic (exact) mass is 278 g/mol. The molecule has 0 aromatic carbocycles. The first-order valence-corrected chi connectivity index (χ1v) is 7.83. The molecule has 0 aliphatic rings. The fourth-order valence-corrected chi connectivity index (χ4v) is 2.14. The Hall–Kier alpha value is -0.690. The molecule has 0 radical (unpaired) electrons. The van der Waals surface area contributed by atoms with Crippen LogP contribution in [-0.2, 0) is 0 Å². The van der Waals surface area contributed by atoms with Gasteiger partial charge in [0.15, 0.2) is 0 Å². The molecule has 108 valence electrons. The molecule has 0 aromatic heterocycles. The van der Waals surface area contributed by atoms with Crippen LogP contribution in [0.25, 0.3) is 0 Å². The van der Waals surface area contributed by atoms with Crippen LogP contribution < -0.4 is 0 Å². The van der Waals surface area contributed by atoms with Crippen LogP contribution in [0.15, 0.2) is 34.9 Å². The maximum Gasteiger partial charge on any atom is 0.0149 e. The minimum Gasteiger partial charge on any atom is -0.0874 e. The van der Waals surface area contributed by atoms with Crippen molar-refractivity contribution in [1.29, 1.82) is 0 Å². The lowest BCUT2D eigenvalue weighted by Gasteiger charge is -2.09. The Morgan fingerprint density at radius 3 is 2.26 bits per heavy atom. The molecule has 0 aliphatic carbocycles. The second kappa shape index (κ2) is 10.1. The lowest BCUT2D eigenvalue weighted by atomic mass is 9.97. The van der Waals surface area contributed by atoms with Gasteiger partial charge in [0.2, 0.25) is 0 Å². The van der Waals surface area contributed by atoms with E-state index in [1.54, 1.807) is 0 Å². The zero-order valence-corrected chi connectivity index (χ0v) is 14.4. The molecule has 0 fully saturated rings. The summed E-state index contributed by atoms with van der Waals surface area (Å²) < 4.78 is 0. The summed E-state index contributed by atoms with van der Waals surface area (Å²) in [5.41, 5.74) is 4.21. The Kier molecular flexibility index (Phi) is 9.77. The van der Waals surface area contributed by atoms with Gasteiger partial charge in [0.25, 0.3) is 0 Å². The molecule has 0 saturated carbocycles. The van der Waals surface area contributed by atoms with Crippen LogP contribution in [0.2, 0.25) is 0 Å². The minimum atomic E-state index is 0.674. The average Bonchev–Trinajstić information content (AvgIpc) is 2.37. The molecule has 0 amide bonds. The van der Waals surface area contributed by atoms with Crippen molar-refractivity contribution in [2.45, 2.75) is 67.2 Å². The number of hydrogen-bond acceptors (Lipinski definition) is 1. The SMILES string of the molecule is C/C=C\C(=C/C(C)CC)CCC/C(C)=C(\C)C(C)=S. The quantitative estimate of drug-likeness (QED) is 0.280. The maximum absolute atomic E-state index is 5.23. The summed E-state index contributed by atoms with van der Waals surface area (Å²) >= 11 is 5.23. The van der Waals surface area contributed by atoms with E-state index < -0.39 is 0 Å². The molecule has 0 bridgehead atoms. The van der Waals surface area contributed by atoms with E-state index in [0.29, 0.717) is 5.92 Å². The first-order chi connectivity index (χ1) is 8.92. The molecule has 0 spiro atoms. The van der Waals surface area contributed by atoms with Crippen LogP contribution in [0, 0.1) is 5.92 Å². The van der Waals surface area contributed by atoms with Gasteiger partial charge in [-0.2, -0.15) is 0 Å². The third kappa shape index (κ3) is 8.15. The van der Waals surface area contributed by atoms with Crippen LogP contribution >= 0.6 is 12.2 Å². The summed E-state index contributed by atoms with van der Waals surface area (Å²) in [5.74, 6) is 0.674. The molecule has 0 aromatic rings. The van der Waals surface area contributed by atoms with Crippen molar-refractivity contribution in [3.63, 3.8) is 0 Å². The smallest absolute Gasteiger partial charge is 0.0149 e. The van der Waals surface area contributed by atoms with Gasteiger partial charge in [0.1, 0.15) is 0 Å². The highest BCUT2D eigenvalue weighted by Gasteiger charge is 2.02. The zero-order chi connectivity index (χ0) is 14.8. The van der Waals surface area contributed by atoms with Gasteiger partial charge in [-0.25, -0.2) is 0 Å². The fourth-order valence-electron chi connectivity index (χ4n) is 1.97. The lowest BCUT2D eigenvalue weighted by molar-refractivity contribution is 0.686. The molecule has 0 aliphatic heterocycles. The van der Waals surface area contributed by atoms with E-state index in [-0.39, 0.29) is 0 Å². The van der Waals surface area contributed by atoms with Crippen molar-refractivity contribution in [2.24, 2.45) is 5.92 Å². The van der Waals surface area contributed by atoms with Gasteiger partial charge in [-0.1, -0.05) is 61.9 Å². The van der Waals surface area contributed by atoms with Crippen LogP contribution in [0.3, 0.4) is 0 Å². The van der Waals surface area contributed by atoms with Crippen molar-refractivity contribution < 1.29 is 0 Å². The maximum atomic E-state index is 5.23. The first kappa shape index (κ1) is 18.3. The number of rotatable bonds is 8. The summed E-state index contributed by atoms with van der Waals surface area (Å²) in [6.45, 7) is 13.0. The van der Waals surface area contributed by atoms with E-state index in [1.165, 1.54) is 29.6 Å².